The summed E-state index contributed by atoms with van der Waals surface area (Å²) < 4.78 is 4.34. The average Bonchev–Trinajstić information content (AvgIpc) is 2.75. The van der Waals surface area contributed by atoms with E-state index in [4.69, 9.17) is 10.5 Å². The van der Waals surface area contributed by atoms with Crippen molar-refractivity contribution in [3.63, 3.8) is 0 Å². The molecule has 3 nitrogen and oxygen atoms in total. The van der Waals surface area contributed by atoms with Gasteiger partial charge in [0.15, 0.2) is 0 Å². The number of benzene rings is 3. The number of esters is 1. The second-order valence-corrected chi connectivity index (χ2v) is 7.45. The van der Waals surface area contributed by atoms with Gasteiger partial charge in [-0.05, 0) is 16.7 Å². The number of halogens is 1. The van der Waals surface area contributed by atoms with Gasteiger partial charge in [-0.1, -0.05) is 91.0 Å². The molecule has 0 radical (unpaired) electrons. The zero-order valence-electron chi connectivity index (χ0n) is 15.7. The molecule has 0 aliphatic carbocycles. The first-order valence-electron chi connectivity index (χ1n) is 8.82. The monoisotopic (exact) mass is 413 g/mol. The highest BCUT2D eigenvalue weighted by atomic mass is 35.5. The van der Waals surface area contributed by atoms with Crippen LogP contribution in [0.25, 0.3) is 0 Å². The highest BCUT2D eigenvalue weighted by Gasteiger charge is 2.37. The molecule has 3 aromatic carbocycles. The highest BCUT2D eigenvalue weighted by Crippen LogP contribution is 2.48. The Morgan fingerprint density at radius 2 is 1.21 bits per heavy atom. The molecule has 0 saturated heterocycles. The van der Waals surface area contributed by atoms with Crippen molar-refractivity contribution in [1.29, 1.82) is 0 Å². The van der Waals surface area contributed by atoms with E-state index >= 15 is 0 Å². The molecular weight excluding hydrogens is 390 g/mol. The van der Waals surface area contributed by atoms with E-state index in [-0.39, 0.29) is 12.4 Å². The standard InChI is InChI=1S/C23H23NO2S.ClH/c1-26-22(25)21(24)17-27-23(18-11-5-2-6-12-18,19-13-7-3-8-14-19)20-15-9-4-10-16-20;/h2-16,21H,17,24H2,1H3;1H/t21-;/m0./s1. The van der Waals surface area contributed by atoms with Gasteiger partial charge in [-0.3, -0.25) is 4.79 Å². The predicted molar refractivity (Wildman–Crippen MR) is 119 cm³/mol. The molecule has 0 heterocycles. The molecule has 0 bridgehead atoms. The van der Waals surface area contributed by atoms with Crippen LogP contribution in [0.3, 0.4) is 0 Å². The molecule has 0 aromatic heterocycles. The molecule has 0 spiro atoms. The van der Waals surface area contributed by atoms with Gasteiger partial charge in [0.05, 0.1) is 11.9 Å². The van der Waals surface area contributed by atoms with Crippen LogP contribution in [-0.4, -0.2) is 24.9 Å². The van der Waals surface area contributed by atoms with Crippen LogP contribution in [-0.2, 0) is 14.3 Å². The van der Waals surface area contributed by atoms with E-state index in [1.54, 1.807) is 11.8 Å². The third-order valence-electron chi connectivity index (χ3n) is 4.52. The van der Waals surface area contributed by atoms with Crippen molar-refractivity contribution in [2.24, 2.45) is 5.73 Å². The first-order chi connectivity index (χ1) is 13.2. The smallest absolute Gasteiger partial charge is 0.323 e. The summed E-state index contributed by atoms with van der Waals surface area (Å²) in [7, 11) is 1.37. The fraction of sp³-hybridized carbons (Fsp3) is 0.174. The van der Waals surface area contributed by atoms with Crippen molar-refractivity contribution in [1.82, 2.24) is 0 Å². The van der Waals surface area contributed by atoms with Gasteiger partial charge in [-0.2, -0.15) is 0 Å². The topological polar surface area (TPSA) is 52.3 Å². The summed E-state index contributed by atoms with van der Waals surface area (Å²) in [5.41, 5.74) is 9.50. The Hall–Kier alpha value is -2.27. The first kappa shape index (κ1) is 22.0. The van der Waals surface area contributed by atoms with Crippen molar-refractivity contribution in [3.8, 4) is 0 Å². The second kappa shape index (κ2) is 10.3. The van der Waals surface area contributed by atoms with E-state index in [1.807, 2.05) is 54.6 Å². The van der Waals surface area contributed by atoms with E-state index < -0.39 is 16.8 Å². The van der Waals surface area contributed by atoms with Crippen LogP contribution in [0.5, 0.6) is 0 Å². The lowest BCUT2D eigenvalue weighted by atomic mass is 9.84. The number of thioether (sulfide) groups is 1. The molecule has 146 valence electrons. The van der Waals surface area contributed by atoms with Crippen molar-refractivity contribution in [2.45, 2.75) is 10.8 Å². The fourth-order valence-corrected chi connectivity index (χ4v) is 4.68. The maximum atomic E-state index is 11.9. The summed E-state index contributed by atoms with van der Waals surface area (Å²) >= 11 is 1.65. The second-order valence-electron chi connectivity index (χ2n) is 6.22. The SMILES string of the molecule is COC(=O)[C@@H](N)CSC(c1ccccc1)(c1ccccc1)c1ccccc1.Cl. The Labute approximate surface area is 176 Å². The summed E-state index contributed by atoms with van der Waals surface area (Å²) in [4.78, 5) is 11.9. The number of hydrogen-bond donors (Lipinski definition) is 1. The first-order valence-corrected chi connectivity index (χ1v) is 9.81. The van der Waals surface area contributed by atoms with Crippen molar-refractivity contribution in [2.75, 3.05) is 12.9 Å². The van der Waals surface area contributed by atoms with Gasteiger partial charge in [0.25, 0.3) is 0 Å². The van der Waals surface area contributed by atoms with Crippen molar-refractivity contribution >= 4 is 30.1 Å². The largest absolute Gasteiger partial charge is 0.468 e. The third kappa shape index (κ3) is 4.58. The number of ether oxygens (including phenoxy) is 1. The van der Waals surface area contributed by atoms with Crippen LogP contribution in [0.2, 0.25) is 0 Å². The molecular formula is C23H24ClNO2S. The number of hydrogen-bond acceptors (Lipinski definition) is 4. The van der Waals surface area contributed by atoms with Gasteiger partial charge < -0.3 is 10.5 Å². The van der Waals surface area contributed by atoms with Gasteiger partial charge in [0.1, 0.15) is 6.04 Å². The molecule has 3 rings (SSSR count). The molecule has 28 heavy (non-hydrogen) atoms. The summed E-state index contributed by atoms with van der Waals surface area (Å²) in [6.45, 7) is 0. The molecule has 0 aliphatic heterocycles. The molecule has 5 heteroatoms. The quantitative estimate of drug-likeness (QED) is 0.453. The molecule has 0 fully saturated rings. The Kier molecular flexibility index (Phi) is 8.12. The third-order valence-corrected chi connectivity index (χ3v) is 6.19. The number of nitrogens with two attached hydrogens (primary N) is 1. The summed E-state index contributed by atoms with van der Waals surface area (Å²) in [5.74, 6) is 0.0383. The van der Waals surface area contributed by atoms with E-state index in [0.29, 0.717) is 5.75 Å². The van der Waals surface area contributed by atoms with Crippen LogP contribution in [0.4, 0.5) is 0 Å². The average molecular weight is 414 g/mol. The molecule has 0 amide bonds. The number of carbonyl (C=O) groups is 1. The molecule has 3 aromatic rings. The summed E-state index contributed by atoms with van der Waals surface area (Å²) in [6.07, 6.45) is 0. The van der Waals surface area contributed by atoms with Gasteiger partial charge in [-0.15, -0.1) is 24.2 Å². The van der Waals surface area contributed by atoms with Crippen LogP contribution < -0.4 is 5.73 Å². The Bertz CT molecular complexity index is 763. The van der Waals surface area contributed by atoms with Gasteiger partial charge in [0, 0.05) is 5.75 Å². The van der Waals surface area contributed by atoms with Crippen LogP contribution in [0, 0.1) is 0 Å². The van der Waals surface area contributed by atoms with E-state index in [2.05, 4.69) is 36.4 Å². The predicted octanol–water partition coefficient (Wildman–Crippen LogP) is 4.63. The summed E-state index contributed by atoms with van der Waals surface area (Å²) in [6, 6.07) is 30.3. The lowest BCUT2D eigenvalue weighted by molar-refractivity contribution is -0.141. The number of rotatable bonds is 7. The summed E-state index contributed by atoms with van der Waals surface area (Å²) in [5, 5.41) is 0. The zero-order chi connectivity index (χ0) is 19.1. The molecule has 0 saturated carbocycles. The van der Waals surface area contributed by atoms with Crippen LogP contribution in [0.15, 0.2) is 91.0 Å². The van der Waals surface area contributed by atoms with Crippen LogP contribution >= 0.6 is 24.2 Å². The maximum absolute atomic E-state index is 11.9. The van der Waals surface area contributed by atoms with Gasteiger partial charge >= 0.3 is 5.97 Å². The maximum Gasteiger partial charge on any atom is 0.323 e. The molecule has 2 N–H and O–H groups in total. The van der Waals surface area contributed by atoms with Gasteiger partial charge in [0.2, 0.25) is 0 Å². The fourth-order valence-electron chi connectivity index (χ4n) is 3.20. The molecule has 0 unspecified atom stereocenters. The Morgan fingerprint density at radius 1 is 0.857 bits per heavy atom. The Morgan fingerprint density at radius 3 is 1.54 bits per heavy atom. The lowest BCUT2D eigenvalue weighted by Gasteiger charge is -2.36. The zero-order valence-corrected chi connectivity index (χ0v) is 17.3. The van der Waals surface area contributed by atoms with Crippen molar-refractivity contribution < 1.29 is 9.53 Å². The minimum Gasteiger partial charge on any atom is -0.468 e. The van der Waals surface area contributed by atoms with Crippen LogP contribution in [0.1, 0.15) is 16.7 Å². The minimum absolute atomic E-state index is 0. The normalized spacial score (nSPS) is 11.9. The van der Waals surface area contributed by atoms with Crippen molar-refractivity contribution in [3.05, 3.63) is 108 Å². The number of methoxy groups -OCH3 is 1. The van der Waals surface area contributed by atoms with Gasteiger partial charge in [-0.25, -0.2) is 0 Å². The van der Waals surface area contributed by atoms with E-state index in [1.165, 1.54) is 7.11 Å². The number of carbonyl (C=O) groups excluding carboxylic acids is 1. The van der Waals surface area contributed by atoms with E-state index in [0.717, 1.165) is 16.7 Å². The minimum atomic E-state index is -0.685. The Balaban J connectivity index is 0.00000280. The molecule has 0 aliphatic rings. The molecule has 1 atom stereocenters. The lowest BCUT2D eigenvalue weighted by Crippen LogP contribution is -2.36. The van der Waals surface area contributed by atoms with E-state index in [9.17, 15) is 4.79 Å². The highest BCUT2D eigenvalue weighted by molar-refractivity contribution is 8.00.